The predicted molar refractivity (Wildman–Crippen MR) is 81.5 cm³/mol. The van der Waals surface area contributed by atoms with Gasteiger partial charge in [0.2, 0.25) is 5.95 Å². The van der Waals surface area contributed by atoms with Crippen LogP contribution in [0.4, 0.5) is 5.95 Å². The van der Waals surface area contributed by atoms with Gasteiger partial charge >= 0.3 is 0 Å². The highest BCUT2D eigenvalue weighted by molar-refractivity contribution is 5.82. The number of nitrogens with two attached hydrogens (primary N) is 1. The van der Waals surface area contributed by atoms with Gasteiger partial charge in [-0.25, -0.2) is 4.98 Å². The third kappa shape index (κ3) is 1.81. The Labute approximate surface area is 117 Å². The fourth-order valence-electron chi connectivity index (χ4n) is 2.44. The van der Waals surface area contributed by atoms with E-state index in [1.807, 2.05) is 28.8 Å². The summed E-state index contributed by atoms with van der Waals surface area (Å²) in [6, 6.07) is 12.0. The second-order valence-corrected chi connectivity index (χ2v) is 4.88. The third-order valence-electron chi connectivity index (χ3n) is 3.70. The number of aryl methyl sites for hydroxylation is 1. The maximum Gasteiger partial charge on any atom is 0.205 e. The number of fused-ring (bicyclic) bond motifs is 1. The standard InChI is InChI=1S/C16H17N3O/c1-10-5-4-6-14(11(10)2)19-15-8-7-12(20-3)9-13(15)18-16(19)17/h4-9H,1-3H3,(H2,17,18). The monoisotopic (exact) mass is 267 g/mol. The van der Waals surface area contributed by atoms with Gasteiger partial charge in [-0.3, -0.25) is 4.57 Å². The van der Waals surface area contributed by atoms with Crippen LogP contribution in [0.2, 0.25) is 0 Å². The van der Waals surface area contributed by atoms with Gasteiger partial charge in [0.25, 0.3) is 0 Å². The molecule has 0 fully saturated rings. The summed E-state index contributed by atoms with van der Waals surface area (Å²) in [4.78, 5) is 4.43. The second kappa shape index (κ2) is 4.56. The molecule has 3 rings (SSSR count). The number of nitrogen functional groups attached to an aromatic ring is 1. The van der Waals surface area contributed by atoms with Crippen LogP contribution in [0, 0.1) is 13.8 Å². The Morgan fingerprint density at radius 2 is 1.95 bits per heavy atom. The van der Waals surface area contributed by atoms with Crippen LogP contribution in [0.1, 0.15) is 11.1 Å². The van der Waals surface area contributed by atoms with Crippen molar-refractivity contribution < 1.29 is 4.74 Å². The molecule has 0 bridgehead atoms. The van der Waals surface area contributed by atoms with Crippen LogP contribution in [0.15, 0.2) is 36.4 Å². The molecule has 2 N–H and O–H groups in total. The summed E-state index contributed by atoms with van der Waals surface area (Å²) in [5.74, 6) is 1.27. The van der Waals surface area contributed by atoms with Crippen molar-refractivity contribution in [3.05, 3.63) is 47.5 Å². The first-order chi connectivity index (χ1) is 9.61. The smallest absolute Gasteiger partial charge is 0.205 e. The van der Waals surface area contributed by atoms with Crippen LogP contribution in [0.5, 0.6) is 5.75 Å². The molecule has 0 unspecified atom stereocenters. The van der Waals surface area contributed by atoms with E-state index >= 15 is 0 Å². The minimum Gasteiger partial charge on any atom is -0.497 e. The Kier molecular flexibility index (Phi) is 2.86. The normalized spacial score (nSPS) is 10.9. The molecule has 0 atom stereocenters. The van der Waals surface area contributed by atoms with Crippen molar-refractivity contribution in [2.45, 2.75) is 13.8 Å². The van der Waals surface area contributed by atoms with Gasteiger partial charge in [0.05, 0.1) is 23.8 Å². The Hall–Kier alpha value is -2.49. The highest BCUT2D eigenvalue weighted by Crippen LogP contribution is 2.28. The first kappa shape index (κ1) is 12.5. The van der Waals surface area contributed by atoms with E-state index in [0.717, 1.165) is 22.5 Å². The van der Waals surface area contributed by atoms with Crippen molar-refractivity contribution in [2.75, 3.05) is 12.8 Å². The molecule has 0 amide bonds. The first-order valence-electron chi connectivity index (χ1n) is 6.50. The molecular weight excluding hydrogens is 250 g/mol. The van der Waals surface area contributed by atoms with E-state index in [2.05, 4.69) is 31.0 Å². The van der Waals surface area contributed by atoms with Gasteiger partial charge in [-0.1, -0.05) is 12.1 Å². The molecule has 0 spiro atoms. The van der Waals surface area contributed by atoms with Crippen LogP contribution < -0.4 is 10.5 Å². The molecular formula is C16H17N3O. The summed E-state index contributed by atoms with van der Waals surface area (Å²) >= 11 is 0. The summed E-state index contributed by atoms with van der Waals surface area (Å²) in [6.07, 6.45) is 0. The van der Waals surface area contributed by atoms with Crippen molar-refractivity contribution in [3.8, 4) is 11.4 Å². The van der Waals surface area contributed by atoms with Gasteiger partial charge in [0, 0.05) is 6.07 Å². The van der Waals surface area contributed by atoms with E-state index < -0.39 is 0 Å². The summed E-state index contributed by atoms with van der Waals surface area (Å²) in [7, 11) is 1.65. The number of ether oxygens (including phenoxy) is 1. The molecule has 0 aliphatic rings. The number of imidazole rings is 1. The number of anilines is 1. The van der Waals surface area contributed by atoms with Gasteiger partial charge in [-0.15, -0.1) is 0 Å². The summed E-state index contributed by atoms with van der Waals surface area (Å²) in [5, 5.41) is 0. The number of hydrogen-bond donors (Lipinski definition) is 1. The molecule has 4 heteroatoms. The zero-order valence-electron chi connectivity index (χ0n) is 11.8. The molecule has 0 radical (unpaired) electrons. The highest BCUT2D eigenvalue weighted by Gasteiger charge is 2.13. The van der Waals surface area contributed by atoms with Gasteiger partial charge in [-0.05, 0) is 43.2 Å². The van der Waals surface area contributed by atoms with Gasteiger partial charge in [0.1, 0.15) is 5.75 Å². The number of aromatic nitrogens is 2. The molecule has 0 aliphatic heterocycles. The molecule has 1 heterocycles. The topological polar surface area (TPSA) is 53.1 Å². The van der Waals surface area contributed by atoms with Crippen LogP contribution in [0.25, 0.3) is 16.7 Å². The largest absolute Gasteiger partial charge is 0.497 e. The third-order valence-corrected chi connectivity index (χ3v) is 3.70. The Balaban J connectivity index is 2.31. The minimum atomic E-state index is 0.488. The number of rotatable bonds is 2. The van der Waals surface area contributed by atoms with Crippen LogP contribution in [0.3, 0.4) is 0 Å². The fraction of sp³-hybridized carbons (Fsp3) is 0.188. The first-order valence-corrected chi connectivity index (χ1v) is 6.50. The highest BCUT2D eigenvalue weighted by atomic mass is 16.5. The quantitative estimate of drug-likeness (QED) is 0.775. The average Bonchev–Trinajstić information content (AvgIpc) is 2.77. The van der Waals surface area contributed by atoms with Crippen molar-refractivity contribution in [1.82, 2.24) is 9.55 Å². The molecule has 4 nitrogen and oxygen atoms in total. The molecule has 0 saturated carbocycles. The van der Waals surface area contributed by atoms with Crippen LogP contribution >= 0.6 is 0 Å². The van der Waals surface area contributed by atoms with Crippen molar-refractivity contribution in [1.29, 1.82) is 0 Å². The molecule has 2 aromatic carbocycles. The van der Waals surface area contributed by atoms with E-state index in [-0.39, 0.29) is 0 Å². The van der Waals surface area contributed by atoms with E-state index in [4.69, 9.17) is 10.5 Å². The van der Waals surface area contributed by atoms with Crippen molar-refractivity contribution >= 4 is 17.0 Å². The number of methoxy groups -OCH3 is 1. The zero-order valence-corrected chi connectivity index (χ0v) is 11.8. The van der Waals surface area contributed by atoms with E-state index in [1.165, 1.54) is 11.1 Å². The Morgan fingerprint density at radius 1 is 1.15 bits per heavy atom. The van der Waals surface area contributed by atoms with Crippen molar-refractivity contribution in [3.63, 3.8) is 0 Å². The lowest BCUT2D eigenvalue weighted by atomic mass is 10.1. The van der Waals surface area contributed by atoms with Gasteiger partial charge in [0.15, 0.2) is 0 Å². The maximum absolute atomic E-state index is 6.11. The predicted octanol–water partition coefficient (Wildman–Crippen LogP) is 3.23. The summed E-state index contributed by atoms with van der Waals surface area (Å²) in [6.45, 7) is 4.19. The van der Waals surface area contributed by atoms with E-state index in [9.17, 15) is 0 Å². The number of benzene rings is 2. The summed E-state index contributed by atoms with van der Waals surface area (Å²) < 4.78 is 7.21. The average molecular weight is 267 g/mol. The van der Waals surface area contributed by atoms with E-state index in [1.54, 1.807) is 7.11 Å². The Morgan fingerprint density at radius 3 is 2.70 bits per heavy atom. The zero-order chi connectivity index (χ0) is 14.3. The van der Waals surface area contributed by atoms with Crippen LogP contribution in [-0.2, 0) is 0 Å². The maximum atomic E-state index is 6.11. The Bertz CT molecular complexity index is 790. The van der Waals surface area contributed by atoms with Gasteiger partial charge in [-0.2, -0.15) is 0 Å². The van der Waals surface area contributed by atoms with Crippen molar-refractivity contribution in [2.24, 2.45) is 0 Å². The lowest BCUT2D eigenvalue weighted by Crippen LogP contribution is -2.03. The minimum absolute atomic E-state index is 0.488. The van der Waals surface area contributed by atoms with Crippen LogP contribution in [-0.4, -0.2) is 16.7 Å². The second-order valence-electron chi connectivity index (χ2n) is 4.88. The fourth-order valence-corrected chi connectivity index (χ4v) is 2.44. The number of hydrogen-bond acceptors (Lipinski definition) is 3. The molecule has 1 aromatic heterocycles. The summed E-state index contributed by atoms with van der Waals surface area (Å²) in [5.41, 5.74) is 11.4. The SMILES string of the molecule is COc1ccc2c(c1)nc(N)n2-c1cccc(C)c1C. The molecule has 102 valence electrons. The lowest BCUT2D eigenvalue weighted by Gasteiger charge is -2.12. The molecule has 0 saturated heterocycles. The van der Waals surface area contributed by atoms with E-state index in [0.29, 0.717) is 5.95 Å². The molecule has 3 aromatic rings. The molecule has 0 aliphatic carbocycles. The van der Waals surface area contributed by atoms with Gasteiger partial charge < -0.3 is 10.5 Å². The molecule has 20 heavy (non-hydrogen) atoms. The number of nitrogens with zero attached hydrogens (tertiary/aromatic N) is 2. The lowest BCUT2D eigenvalue weighted by molar-refractivity contribution is 0.415.